The number of fused-ring (bicyclic) bond motifs is 1. The molecule has 3 heteroatoms. The quantitative estimate of drug-likeness (QED) is 0.720. The second kappa shape index (κ2) is 3.88. The van der Waals surface area contributed by atoms with E-state index in [0.717, 1.165) is 12.2 Å². The molecule has 0 amide bonds. The normalized spacial score (nSPS) is 22.5. The molecule has 3 rings (SSSR count). The number of phenols is 1. The lowest BCUT2D eigenvalue weighted by Gasteiger charge is -2.40. The molecule has 0 radical (unpaired) electrons. The third kappa shape index (κ3) is 1.77. The summed E-state index contributed by atoms with van der Waals surface area (Å²) in [5.41, 5.74) is 1.10. The van der Waals surface area contributed by atoms with Crippen molar-refractivity contribution in [2.75, 3.05) is 11.9 Å². The molecule has 1 aliphatic carbocycles. The minimum absolute atomic E-state index is 0.353. The Balaban J connectivity index is 1.88. The molecule has 16 heavy (non-hydrogen) atoms. The van der Waals surface area contributed by atoms with Gasteiger partial charge in [0, 0.05) is 22.3 Å². The molecule has 1 aliphatic heterocycles. The van der Waals surface area contributed by atoms with Crippen molar-refractivity contribution in [3.63, 3.8) is 0 Å². The first-order valence-corrected chi connectivity index (χ1v) is 6.85. The third-order valence-electron chi connectivity index (χ3n) is 3.66. The van der Waals surface area contributed by atoms with E-state index in [1.807, 2.05) is 23.9 Å². The van der Waals surface area contributed by atoms with Gasteiger partial charge in [-0.1, -0.05) is 19.3 Å². The summed E-state index contributed by atoms with van der Waals surface area (Å²) in [7, 11) is 0. The number of hydrogen-bond donors (Lipinski definition) is 2. The highest BCUT2D eigenvalue weighted by molar-refractivity contribution is 8.01. The smallest absolute Gasteiger partial charge is 0.117 e. The molecule has 1 heterocycles. The van der Waals surface area contributed by atoms with Gasteiger partial charge in [0.1, 0.15) is 5.75 Å². The van der Waals surface area contributed by atoms with Gasteiger partial charge in [-0.15, -0.1) is 11.8 Å². The maximum atomic E-state index is 9.44. The highest BCUT2D eigenvalue weighted by Gasteiger charge is 2.36. The standard InChI is InChI=1S/C13H17NOS/c15-10-4-5-12-11(8-10)14-9-13(16-12)6-2-1-3-7-13/h4-5,8,14-15H,1-3,6-7,9H2. The van der Waals surface area contributed by atoms with Crippen LogP contribution in [0, 0.1) is 0 Å². The van der Waals surface area contributed by atoms with E-state index in [9.17, 15) is 5.11 Å². The van der Waals surface area contributed by atoms with Gasteiger partial charge in [0.2, 0.25) is 0 Å². The number of phenolic OH excluding ortho intramolecular Hbond substituents is 1. The van der Waals surface area contributed by atoms with Gasteiger partial charge in [-0.3, -0.25) is 0 Å². The second-order valence-corrected chi connectivity index (χ2v) is 6.39. The van der Waals surface area contributed by atoms with E-state index in [0.29, 0.717) is 10.5 Å². The molecular formula is C13H17NOS. The first-order valence-electron chi connectivity index (χ1n) is 6.03. The van der Waals surface area contributed by atoms with Crippen LogP contribution in [0.15, 0.2) is 23.1 Å². The van der Waals surface area contributed by atoms with Crippen molar-refractivity contribution in [3.05, 3.63) is 18.2 Å². The molecule has 0 aromatic heterocycles. The number of benzene rings is 1. The molecule has 0 bridgehead atoms. The summed E-state index contributed by atoms with van der Waals surface area (Å²) in [6.07, 6.45) is 6.77. The number of rotatable bonds is 0. The van der Waals surface area contributed by atoms with Crippen LogP contribution in [0.5, 0.6) is 5.75 Å². The highest BCUT2D eigenvalue weighted by Crippen LogP contribution is 2.49. The zero-order valence-electron chi connectivity index (χ0n) is 9.33. The average molecular weight is 235 g/mol. The zero-order valence-corrected chi connectivity index (χ0v) is 10.1. The fraction of sp³-hybridized carbons (Fsp3) is 0.538. The molecule has 1 spiro atoms. The summed E-state index contributed by atoms with van der Waals surface area (Å²) in [4.78, 5) is 1.30. The molecule has 86 valence electrons. The molecule has 1 saturated carbocycles. The Morgan fingerprint density at radius 1 is 1.19 bits per heavy atom. The molecular weight excluding hydrogens is 218 g/mol. The van der Waals surface area contributed by atoms with Crippen molar-refractivity contribution in [2.45, 2.75) is 41.7 Å². The van der Waals surface area contributed by atoms with Gasteiger partial charge in [0.25, 0.3) is 0 Å². The van der Waals surface area contributed by atoms with Crippen LogP contribution in [0.4, 0.5) is 5.69 Å². The molecule has 1 aromatic carbocycles. The molecule has 1 fully saturated rings. The van der Waals surface area contributed by atoms with Crippen LogP contribution in [0.25, 0.3) is 0 Å². The number of hydrogen-bond acceptors (Lipinski definition) is 3. The highest BCUT2D eigenvalue weighted by atomic mass is 32.2. The van der Waals surface area contributed by atoms with E-state index < -0.39 is 0 Å². The van der Waals surface area contributed by atoms with Crippen molar-refractivity contribution >= 4 is 17.4 Å². The van der Waals surface area contributed by atoms with E-state index in [-0.39, 0.29) is 0 Å². The number of nitrogens with one attached hydrogen (secondary N) is 1. The molecule has 2 N–H and O–H groups in total. The minimum atomic E-state index is 0.353. The van der Waals surface area contributed by atoms with Crippen LogP contribution in [0.1, 0.15) is 32.1 Å². The molecule has 0 atom stereocenters. The second-order valence-electron chi connectivity index (χ2n) is 4.88. The van der Waals surface area contributed by atoms with Gasteiger partial charge in [-0.25, -0.2) is 0 Å². The third-order valence-corrected chi connectivity index (χ3v) is 5.22. The molecule has 0 saturated heterocycles. The minimum Gasteiger partial charge on any atom is -0.508 e. The van der Waals surface area contributed by atoms with Crippen molar-refractivity contribution in [1.29, 1.82) is 0 Å². The Bertz CT molecular complexity index is 399. The van der Waals surface area contributed by atoms with E-state index in [2.05, 4.69) is 5.32 Å². The van der Waals surface area contributed by atoms with Crippen LogP contribution in [0.3, 0.4) is 0 Å². The van der Waals surface area contributed by atoms with Gasteiger partial charge in [-0.05, 0) is 25.0 Å². The lowest BCUT2D eigenvalue weighted by atomic mass is 9.88. The lowest BCUT2D eigenvalue weighted by molar-refractivity contribution is 0.408. The van der Waals surface area contributed by atoms with Crippen molar-refractivity contribution in [2.24, 2.45) is 0 Å². The van der Waals surface area contributed by atoms with E-state index in [1.54, 1.807) is 6.07 Å². The predicted molar refractivity (Wildman–Crippen MR) is 68.3 cm³/mol. The Morgan fingerprint density at radius 3 is 2.81 bits per heavy atom. The Kier molecular flexibility index (Phi) is 2.51. The van der Waals surface area contributed by atoms with Crippen LogP contribution < -0.4 is 5.32 Å². The number of anilines is 1. The van der Waals surface area contributed by atoms with E-state index >= 15 is 0 Å². The summed E-state index contributed by atoms with van der Waals surface area (Å²) in [5.74, 6) is 0.353. The van der Waals surface area contributed by atoms with Gasteiger partial charge in [-0.2, -0.15) is 0 Å². The average Bonchev–Trinajstić information content (AvgIpc) is 2.31. The summed E-state index contributed by atoms with van der Waals surface area (Å²) >= 11 is 2.02. The maximum absolute atomic E-state index is 9.44. The molecule has 1 aromatic rings. The fourth-order valence-electron chi connectivity index (χ4n) is 2.75. The Labute approximate surface area is 100 Å². The molecule has 2 aliphatic rings. The predicted octanol–water partition coefficient (Wildman–Crippen LogP) is 3.61. The zero-order chi connectivity index (χ0) is 11.0. The van der Waals surface area contributed by atoms with Gasteiger partial charge in [0.05, 0.1) is 5.69 Å². The van der Waals surface area contributed by atoms with Crippen molar-refractivity contribution < 1.29 is 5.11 Å². The van der Waals surface area contributed by atoms with Crippen LogP contribution in [-0.4, -0.2) is 16.4 Å². The van der Waals surface area contributed by atoms with E-state index in [1.165, 1.54) is 37.0 Å². The van der Waals surface area contributed by atoms with Crippen molar-refractivity contribution in [3.8, 4) is 5.75 Å². The largest absolute Gasteiger partial charge is 0.508 e. The summed E-state index contributed by atoms with van der Waals surface area (Å²) < 4.78 is 0.419. The first kappa shape index (κ1) is 10.3. The Morgan fingerprint density at radius 2 is 2.00 bits per heavy atom. The SMILES string of the molecule is Oc1ccc2c(c1)NCC1(CCCCC1)S2. The van der Waals surface area contributed by atoms with Crippen LogP contribution >= 0.6 is 11.8 Å². The van der Waals surface area contributed by atoms with Gasteiger partial charge < -0.3 is 10.4 Å². The summed E-state index contributed by atoms with van der Waals surface area (Å²) in [6.45, 7) is 1.05. The summed E-state index contributed by atoms with van der Waals surface area (Å²) in [6, 6.07) is 5.66. The van der Waals surface area contributed by atoms with Gasteiger partial charge >= 0.3 is 0 Å². The lowest BCUT2D eigenvalue weighted by Crippen LogP contribution is -2.38. The Hall–Kier alpha value is -0.830. The number of thioether (sulfide) groups is 1. The number of aromatic hydroxyl groups is 1. The van der Waals surface area contributed by atoms with Crippen LogP contribution in [0.2, 0.25) is 0 Å². The first-order chi connectivity index (χ1) is 7.77. The van der Waals surface area contributed by atoms with Gasteiger partial charge in [0.15, 0.2) is 0 Å². The molecule has 0 unspecified atom stereocenters. The fourth-order valence-corrected chi connectivity index (χ4v) is 4.23. The topological polar surface area (TPSA) is 32.3 Å². The van der Waals surface area contributed by atoms with E-state index in [4.69, 9.17) is 0 Å². The maximum Gasteiger partial charge on any atom is 0.117 e. The van der Waals surface area contributed by atoms with Crippen LogP contribution in [-0.2, 0) is 0 Å². The van der Waals surface area contributed by atoms with Crippen molar-refractivity contribution in [1.82, 2.24) is 0 Å². The monoisotopic (exact) mass is 235 g/mol. The molecule has 2 nitrogen and oxygen atoms in total. The summed E-state index contributed by atoms with van der Waals surface area (Å²) in [5, 5.41) is 12.9.